The maximum Gasteiger partial charge on any atom is 0.147 e. The van der Waals surface area contributed by atoms with E-state index in [-0.39, 0.29) is 0 Å². The molecule has 76 valence electrons. The van der Waals surface area contributed by atoms with Crippen LogP contribution in [0.15, 0.2) is 48.5 Å². The van der Waals surface area contributed by atoms with Crippen molar-refractivity contribution in [2.75, 3.05) is 0 Å². The first kappa shape index (κ1) is 10.3. The molecule has 0 atom stereocenters. The zero-order valence-electron chi connectivity index (χ0n) is 7.78. The van der Waals surface area contributed by atoms with Crippen molar-refractivity contribution >= 4 is 23.2 Å². The first-order valence-corrected chi connectivity index (χ1v) is 5.20. The zero-order valence-corrected chi connectivity index (χ0v) is 9.29. The molecule has 0 aliphatic heterocycles. The standard InChI is InChI=1S/C12H8Cl2O/c13-10-7-4-8-11(12(10)14)15-9-5-2-1-3-6-9/h1-8H. The van der Waals surface area contributed by atoms with Crippen molar-refractivity contribution in [3.05, 3.63) is 58.6 Å². The molecule has 0 amide bonds. The molecule has 0 fully saturated rings. The molecule has 15 heavy (non-hydrogen) atoms. The van der Waals surface area contributed by atoms with Gasteiger partial charge in [-0.25, -0.2) is 0 Å². The quantitative estimate of drug-likeness (QED) is 0.732. The van der Waals surface area contributed by atoms with E-state index in [0.29, 0.717) is 15.8 Å². The average Bonchev–Trinajstić information content (AvgIpc) is 2.26. The summed E-state index contributed by atoms with van der Waals surface area (Å²) in [5, 5.41) is 0.924. The molecule has 0 aromatic heterocycles. The SMILES string of the molecule is Clc1cccc(Oc2ccccc2)c1Cl. The summed E-state index contributed by atoms with van der Waals surface area (Å²) in [6.07, 6.45) is 0. The van der Waals surface area contributed by atoms with Crippen LogP contribution in [0.2, 0.25) is 10.0 Å². The number of ether oxygens (including phenoxy) is 1. The molecule has 0 aliphatic carbocycles. The Bertz CT molecular complexity index is 454. The van der Waals surface area contributed by atoms with Gasteiger partial charge < -0.3 is 4.74 Å². The van der Waals surface area contributed by atoms with Crippen LogP contribution < -0.4 is 4.74 Å². The van der Waals surface area contributed by atoms with Gasteiger partial charge in [0.15, 0.2) is 0 Å². The fourth-order valence-electron chi connectivity index (χ4n) is 1.18. The minimum absolute atomic E-state index is 0.433. The maximum absolute atomic E-state index is 5.99. The number of benzene rings is 2. The van der Waals surface area contributed by atoms with E-state index in [1.165, 1.54) is 0 Å². The molecule has 2 aromatic carbocycles. The molecule has 0 spiro atoms. The van der Waals surface area contributed by atoms with Gasteiger partial charge >= 0.3 is 0 Å². The molecule has 0 heterocycles. The number of hydrogen-bond acceptors (Lipinski definition) is 1. The molecule has 0 saturated carbocycles. The Balaban J connectivity index is 2.29. The molecule has 0 bridgehead atoms. The third-order valence-electron chi connectivity index (χ3n) is 1.89. The summed E-state index contributed by atoms with van der Waals surface area (Å²) >= 11 is 11.9. The van der Waals surface area contributed by atoms with E-state index in [4.69, 9.17) is 27.9 Å². The Labute approximate surface area is 98.2 Å². The largest absolute Gasteiger partial charge is 0.456 e. The molecule has 2 rings (SSSR count). The summed E-state index contributed by atoms with van der Waals surface area (Å²) < 4.78 is 5.57. The van der Waals surface area contributed by atoms with Crippen LogP contribution >= 0.6 is 23.2 Å². The highest BCUT2D eigenvalue weighted by atomic mass is 35.5. The molecule has 1 nitrogen and oxygen atoms in total. The Morgan fingerprint density at radius 1 is 0.800 bits per heavy atom. The molecule has 0 N–H and O–H groups in total. The van der Waals surface area contributed by atoms with Gasteiger partial charge in [-0.1, -0.05) is 47.5 Å². The fourth-order valence-corrected chi connectivity index (χ4v) is 1.51. The highest BCUT2D eigenvalue weighted by Gasteiger charge is 2.05. The van der Waals surface area contributed by atoms with Gasteiger partial charge in [0.05, 0.1) is 5.02 Å². The van der Waals surface area contributed by atoms with E-state index < -0.39 is 0 Å². The van der Waals surface area contributed by atoms with Gasteiger partial charge in [0.25, 0.3) is 0 Å². The Kier molecular flexibility index (Phi) is 3.14. The Morgan fingerprint density at radius 2 is 1.53 bits per heavy atom. The van der Waals surface area contributed by atoms with Gasteiger partial charge in [-0.2, -0.15) is 0 Å². The van der Waals surface area contributed by atoms with Gasteiger partial charge in [0, 0.05) is 0 Å². The van der Waals surface area contributed by atoms with Crippen molar-refractivity contribution in [2.24, 2.45) is 0 Å². The molecular formula is C12H8Cl2O. The first-order chi connectivity index (χ1) is 7.27. The summed E-state index contributed by atoms with van der Waals surface area (Å²) in [6.45, 7) is 0. The number of hydrogen-bond donors (Lipinski definition) is 0. The smallest absolute Gasteiger partial charge is 0.147 e. The van der Waals surface area contributed by atoms with Crippen LogP contribution in [0.4, 0.5) is 0 Å². The van der Waals surface area contributed by atoms with Crippen molar-refractivity contribution in [3.63, 3.8) is 0 Å². The van der Waals surface area contributed by atoms with Gasteiger partial charge in [0.1, 0.15) is 16.5 Å². The molecule has 0 unspecified atom stereocenters. The van der Waals surface area contributed by atoms with Gasteiger partial charge in [-0.15, -0.1) is 0 Å². The van der Waals surface area contributed by atoms with E-state index in [1.807, 2.05) is 30.3 Å². The molecule has 2 aromatic rings. The van der Waals surface area contributed by atoms with Crippen LogP contribution in [0, 0.1) is 0 Å². The van der Waals surface area contributed by atoms with E-state index in [9.17, 15) is 0 Å². The van der Waals surface area contributed by atoms with Crippen LogP contribution in [-0.2, 0) is 0 Å². The third-order valence-corrected chi connectivity index (χ3v) is 2.69. The van der Waals surface area contributed by atoms with E-state index in [2.05, 4.69) is 0 Å². The van der Waals surface area contributed by atoms with Crippen molar-refractivity contribution in [1.82, 2.24) is 0 Å². The Hall–Kier alpha value is -1.18. The lowest BCUT2D eigenvalue weighted by molar-refractivity contribution is 0.483. The highest BCUT2D eigenvalue weighted by Crippen LogP contribution is 2.34. The first-order valence-electron chi connectivity index (χ1n) is 4.44. The van der Waals surface area contributed by atoms with Crippen molar-refractivity contribution in [3.8, 4) is 11.5 Å². The lowest BCUT2D eigenvalue weighted by atomic mass is 10.3. The van der Waals surface area contributed by atoms with Gasteiger partial charge in [-0.3, -0.25) is 0 Å². The lowest BCUT2D eigenvalue weighted by Crippen LogP contribution is -1.84. The van der Waals surface area contributed by atoms with Crippen LogP contribution in [0.5, 0.6) is 11.5 Å². The molecule has 0 radical (unpaired) electrons. The summed E-state index contributed by atoms with van der Waals surface area (Å²) in [5.41, 5.74) is 0. The molecule has 0 aliphatic rings. The topological polar surface area (TPSA) is 9.23 Å². The van der Waals surface area contributed by atoms with Crippen LogP contribution in [0.1, 0.15) is 0 Å². The minimum atomic E-state index is 0.433. The summed E-state index contributed by atoms with van der Waals surface area (Å²) in [4.78, 5) is 0. The van der Waals surface area contributed by atoms with Crippen molar-refractivity contribution < 1.29 is 4.74 Å². The molecular weight excluding hydrogens is 231 g/mol. The minimum Gasteiger partial charge on any atom is -0.456 e. The molecule has 3 heteroatoms. The number of rotatable bonds is 2. The summed E-state index contributed by atoms with van der Waals surface area (Å²) in [6, 6.07) is 14.7. The van der Waals surface area contributed by atoms with Crippen LogP contribution in [0.25, 0.3) is 0 Å². The van der Waals surface area contributed by atoms with E-state index in [0.717, 1.165) is 5.75 Å². The van der Waals surface area contributed by atoms with E-state index in [1.54, 1.807) is 18.2 Å². The van der Waals surface area contributed by atoms with Crippen LogP contribution in [0.3, 0.4) is 0 Å². The fraction of sp³-hybridized carbons (Fsp3) is 0. The van der Waals surface area contributed by atoms with Gasteiger partial charge in [0.2, 0.25) is 0 Å². The van der Waals surface area contributed by atoms with Gasteiger partial charge in [-0.05, 0) is 24.3 Å². The highest BCUT2D eigenvalue weighted by molar-refractivity contribution is 6.42. The van der Waals surface area contributed by atoms with Crippen molar-refractivity contribution in [2.45, 2.75) is 0 Å². The second kappa shape index (κ2) is 4.56. The predicted molar refractivity (Wildman–Crippen MR) is 63.0 cm³/mol. The van der Waals surface area contributed by atoms with Crippen molar-refractivity contribution in [1.29, 1.82) is 0 Å². The Morgan fingerprint density at radius 3 is 2.27 bits per heavy atom. The second-order valence-corrected chi connectivity index (χ2v) is 3.75. The number of halogens is 2. The third kappa shape index (κ3) is 2.44. The normalized spacial score (nSPS) is 10.0. The zero-order chi connectivity index (χ0) is 10.7. The summed E-state index contributed by atoms with van der Waals surface area (Å²) in [7, 11) is 0. The second-order valence-electron chi connectivity index (χ2n) is 2.97. The lowest BCUT2D eigenvalue weighted by Gasteiger charge is -2.07. The average molecular weight is 239 g/mol. The summed E-state index contributed by atoms with van der Waals surface area (Å²) in [5.74, 6) is 1.30. The number of para-hydroxylation sites is 1. The predicted octanol–water partition coefficient (Wildman–Crippen LogP) is 4.79. The maximum atomic E-state index is 5.99. The molecule has 0 saturated heterocycles. The monoisotopic (exact) mass is 238 g/mol. The van der Waals surface area contributed by atoms with E-state index >= 15 is 0 Å². The van der Waals surface area contributed by atoms with Crippen LogP contribution in [-0.4, -0.2) is 0 Å².